The molecule has 2 aromatic heterocycles. The van der Waals surface area contributed by atoms with Gasteiger partial charge in [-0.05, 0) is 43.3 Å². The Morgan fingerprint density at radius 2 is 1.95 bits per heavy atom. The van der Waals surface area contributed by atoms with E-state index in [1.54, 1.807) is 19.1 Å². The Morgan fingerprint density at radius 3 is 2.62 bits per heavy atom. The second-order valence-electron chi connectivity index (χ2n) is 8.04. The monoisotopic (exact) mass is 530 g/mol. The van der Waals surface area contributed by atoms with Crippen molar-refractivity contribution < 1.29 is 27.8 Å². The van der Waals surface area contributed by atoms with Crippen molar-refractivity contribution in [3.63, 3.8) is 0 Å². The van der Waals surface area contributed by atoms with Crippen LogP contribution in [-0.4, -0.2) is 80.4 Å². The Morgan fingerprint density at radius 1 is 1.19 bits per heavy atom. The summed E-state index contributed by atoms with van der Waals surface area (Å²) in [6.45, 7) is 3.05. The number of aryl methyl sites for hydroxylation is 1. The van der Waals surface area contributed by atoms with Crippen LogP contribution in [0, 0.1) is 18.9 Å². The summed E-state index contributed by atoms with van der Waals surface area (Å²) in [6, 6.07) is 7.96. The Hall–Kier alpha value is -3.73. The van der Waals surface area contributed by atoms with E-state index in [1.807, 2.05) is 11.9 Å². The summed E-state index contributed by atoms with van der Waals surface area (Å²) >= 11 is 0. The number of likely N-dealkylation sites (N-methyl/N-ethyl adjacent to an activating group) is 1. The number of alkyl halides is 3. The maximum atomic E-state index is 13.0. The Kier molecular flexibility index (Phi) is 9.03. The highest BCUT2D eigenvalue weighted by molar-refractivity contribution is 6.39. The summed E-state index contributed by atoms with van der Waals surface area (Å²) in [5.74, 6) is 4.18. The maximum Gasteiger partial charge on any atom is 0.433 e. The second-order valence-corrected chi connectivity index (χ2v) is 8.74. The lowest BCUT2D eigenvalue weighted by Gasteiger charge is -2.18. The number of nitrogen functional groups attached to an aromatic ring is 1. The van der Waals surface area contributed by atoms with Crippen molar-refractivity contribution in [2.24, 2.45) is 0 Å². The Balaban J connectivity index is 1.88. The minimum Gasteiger partial charge on any atom is -0.493 e. The number of fused-ring (bicyclic) bond motifs is 1. The molecule has 194 valence electrons. The molecular weight excluding hydrogens is 505 g/mol. The van der Waals surface area contributed by atoms with E-state index in [2.05, 4.69) is 42.1 Å². The standard InChI is InChI=1S/C24H25F3N6O3Si/c1-14-30-19-11-20(35-3)21(36-13-17(37)12-33(2)6-7-34)10-18(19)23(31-14)29-5-4-16-8-15(28)9-22(32-16)24(25,26)27/h8-11,34H,6-7,12-13H2,1-3H3,(H2,28,32)(H,29,30,31). The topological polar surface area (TPSA) is 119 Å². The van der Waals surface area contributed by atoms with Crippen molar-refractivity contribution in [1.82, 2.24) is 19.9 Å². The number of nitrogens with zero attached hydrogens (tertiary/aromatic N) is 4. The van der Waals surface area contributed by atoms with Crippen LogP contribution in [0.15, 0.2) is 24.3 Å². The lowest BCUT2D eigenvalue weighted by Crippen LogP contribution is -2.31. The van der Waals surface area contributed by atoms with Crippen LogP contribution in [0.25, 0.3) is 10.9 Å². The number of aliphatic hydroxyl groups is 1. The first-order valence-electron chi connectivity index (χ1n) is 11.0. The SMILES string of the molecule is COc1cc2nc(C)nc(NC#Cc3cc(N)cc(C(F)(F)F)n3)c2cc1OCC(=[Si])CN(C)CCO. The van der Waals surface area contributed by atoms with Crippen LogP contribution in [0.5, 0.6) is 11.5 Å². The van der Waals surface area contributed by atoms with Crippen molar-refractivity contribution >= 4 is 37.4 Å². The van der Waals surface area contributed by atoms with Gasteiger partial charge in [0.2, 0.25) is 0 Å². The van der Waals surface area contributed by atoms with Crippen molar-refractivity contribution in [2.75, 3.05) is 51.5 Å². The van der Waals surface area contributed by atoms with E-state index in [0.717, 1.165) is 11.2 Å². The molecule has 0 atom stereocenters. The fourth-order valence-corrected chi connectivity index (χ4v) is 3.66. The molecule has 37 heavy (non-hydrogen) atoms. The molecule has 0 saturated carbocycles. The molecule has 13 heteroatoms. The van der Waals surface area contributed by atoms with Crippen LogP contribution in [0.2, 0.25) is 0 Å². The lowest BCUT2D eigenvalue weighted by atomic mass is 10.2. The number of hydrogen-bond acceptors (Lipinski definition) is 9. The summed E-state index contributed by atoms with van der Waals surface area (Å²) in [5, 5.41) is 13.3. The van der Waals surface area contributed by atoms with E-state index in [1.165, 1.54) is 13.2 Å². The molecule has 0 aliphatic heterocycles. The molecule has 2 radical (unpaired) electrons. The van der Waals surface area contributed by atoms with Gasteiger partial charge in [0.15, 0.2) is 11.5 Å². The molecule has 0 bridgehead atoms. The van der Waals surface area contributed by atoms with Gasteiger partial charge in [-0.25, -0.2) is 15.0 Å². The van der Waals surface area contributed by atoms with E-state index in [9.17, 15) is 13.2 Å². The minimum absolute atomic E-state index is 0.0463. The molecule has 0 amide bonds. The van der Waals surface area contributed by atoms with E-state index in [4.69, 9.17) is 20.3 Å². The number of halogens is 3. The van der Waals surface area contributed by atoms with Gasteiger partial charge in [0, 0.05) is 46.1 Å². The molecule has 0 fully saturated rings. The Labute approximate surface area is 214 Å². The van der Waals surface area contributed by atoms with Gasteiger partial charge in [-0.15, -0.1) is 0 Å². The van der Waals surface area contributed by atoms with Crippen LogP contribution < -0.4 is 20.5 Å². The number of aromatic nitrogens is 3. The first kappa shape index (κ1) is 27.8. The van der Waals surface area contributed by atoms with E-state index >= 15 is 0 Å². The van der Waals surface area contributed by atoms with Gasteiger partial charge in [-0.1, -0.05) is 0 Å². The van der Waals surface area contributed by atoms with Gasteiger partial charge >= 0.3 is 6.18 Å². The average Bonchev–Trinajstić information content (AvgIpc) is 2.81. The number of nitrogens with two attached hydrogens (primary N) is 1. The molecule has 0 aliphatic carbocycles. The fraction of sp³-hybridized carbons (Fsp3) is 0.333. The van der Waals surface area contributed by atoms with Crippen LogP contribution >= 0.6 is 0 Å². The molecule has 3 aromatic rings. The van der Waals surface area contributed by atoms with Crippen LogP contribution in [-0.2, 0) is 6.18 Å². The van der Waals surface area contributed by atoms with Gasteiger partial charge < -0.3 is 25.2 Å². The third kappa shape index (κ3) is 7.62. The molecular formula is C24H25F3N6O3Si. The first-order valence-corrected chi connectivity index (χ1v) is 11.5. The van der Waals surface area contributed by atoms with E-state index in [0.29, 0.717) is 47.1 Å². The van der Waals surface area contributed by atoms with Crippen molar-refractivity contribution in [2.45, 2.75) is 13.1 Å². The largest absolute Gasteiger partial charge is 0.493 e. The number of rotatable bonds is 9. The molecule has 0 saturated heterocycles. The Bertz CT molecular complexity index is 1360. The highest BCUT2D eigenvalue weighted by atomic mass is 28.1. The predicted octanol–water partition coefficient (Wildman–Crippen LogP) is 2.01. The first-order chi connectivity index (χ1) is 17.5. The van der Waals surface area contributed by atoms with Gasteiger partial charge in [-0.2, -0.15) is 13.2 Å². The zero-order valence-electron chi connectivity index (χ0n) is 20.4. The van der Waals surface area contributed by atoms with Gasteiger partial charge in [0.05, 0.1) is 19.2 Å². The zero-order chi connectivity index (χ0) is 27.2. The van der Waals surface area contributed by atoms with E-state index < -0.39 is 11.9 Å². The summed E-state index contributed by atoms with van der Waals surface area (Å²) < 4.78 is 50.5. The summed E-state index contributed by atoms with van der Waals surface area (Å²) in [4.78, 5) is 14.2. The van der Waals surface area contributed by atoms with Crippen LogP contribution in [0.3, 0.4) is 0 Å². The molecule has 1 aromatic carbocycles. The molecule has 9 nitrogen and oxygen atoms in total. The van der Waals surface area contributed by atoms with Gasteiger partial charge in [0.1, 0.15) is 29.6 Å². The maximum absolute atomic E-state index is 13.0. The second kappa shape index (κ2) is 12.0. The van der Waals surface area contributed by atoms with Crippen LogP contribution in [0.4, 0.5) is 24.7 Å². The number of aliphatic hydroxyl groups excluding tert-OH is 1. The van der Waals surface area contributed by atoms with Gasteiger partial charge in [-0.3, -0.25) is 5.32 Å². The summed E-state index contributed by atoms with van der Waals surface area (Å²) in [5.41, 5.74) is 4.75. The number of pyridine rings is 1. The lowest BCUT2D eigenvalue weighted by molar-refractivity contribution is -0.141. The minimum atomic E-state index is -4.64. The average molecular weight is 531 g/mol. The van der Waals surface area contributed by atoms with Crippen molar-refractivity contribution in [1.29, 1.82) is 0 Å². The number of nitrogens with one attached hydrogen (secondary N) is 1. The third-order valence-corrected chi connectivity index (χ3v) is 5.25. The molecule has 3 rings (SSSR count). The third-order valence-electron chi connectivity index (χ3n) is 4.95. The molecule has 0 aliphatic rings. The van der Waals surface area contributed by atoms with Crippen molar-refractivity contribution in [3.05, 3.63) is 41.5 Å². The smallest absolute Gasteiger partial charge is 0.433 e. The summed E-state index contributed by atoms with van der Waals surface area (Å²) in [7, 11) is 6.93. The predicted molar refractivity (Wildman–Crippen MR) is 136 cm³/mol. The van der Waals surface area contributed by atoms with Gasteiger partial charge in [0.25, 0.3) is 0 Å². The van der Waals surface area contributed by atoms with E-state index in [-0.39, 0.29) is 24.6 Å². The number of anilines is 2. The van der Waals surface area contributed by atoms with Crippen molar-refractivity contribution in [3.8, 4) is 23.5 Å². The number of ether oxygens (including phenoxy) is 2. The summed E-state index contributed by atoms with van der Waals surface area (Å²) in [6.07, 6.45) is -4.64. The number of methoxy groups -OCH3 is 1. The number of hydrogen-bond donors (Lipinski definition) is 3. The fourth-order valence-electron chi connectivity index (χ4n) is 3.32. The molecule has 2 heterocycles. The van der Waals surface area contributed by atoms with Crippen LogP contribution in [0.1, 0.15) is 17.2 Å². The normalized spacial score (nSPS) is 11.2. The molecule has 0 unspecified atom stereocenters. The molecule has 4 N–H and O–H groups in total. The number of benzene rings is 1. The highest BCUT2D eigenvalue weighted by Gasteiger charge is 2.33. The molecule has 0 spiro atoms. The highest BCUT2D eigenvalue weighted by Crippen LogP contribution is 2.34. The zero-order valence-corrected chi connectivity index (χ0v) is 21.4. The quantitative estimate of drug-likeness (QED) is 0.217.